The molecule has 0 radical (unpaired) electrons. The molecular weight excluding hydrogens is 365 g/mol. The van der Waals surface area contributed by atoms with E-state index in [0.717, 1.165) is 25.1 Å². The summed E-state index contributed by atoms with van der Waals surface area (Å²) < 4.78 is 14.5. The molecule has 0 bridgehead atoms. The smallest absolute Gasteiger partial charge is 0.312 e. The van der Waals surface area contributed by atoms with E-state index in [2.05, 4.69) is 10.00 Å². The van der Waals surface area contributed by atoms with Gasteiger partial charge in [0.1, 0.15) is 23.7 Å². The molecule has 1 fully saturated rings. The summed E-state index contributed by atoms with van der Waals surface area (Å²) in [7, 11) is 0. The summed E-state index contributed by atoms with van der Waals surface area (Å²) in [5.74, 6) is -0.343. The van der Waals surface area contributed by atoms with Crippen LogP contribution in [0.3, 0.4) is 0 Å². The van der Waals surface area contributed by atoms with Crippen molar-refractivity contribution in [3.05, 3.63) is 57.1 Å². The molecule has 0 saturated carbocycles. The number of rotatable bonds is 5. The first-order chi connectivity index (χ1) is 13.3. The van der Waals surface area contributed by atoms with Gasteiger partial charge in [-0.25, -0.2) is 4.39 Å². The molecule has 28 heavy (non-hydrogen) atoms. The number of nitrogens with zero attached hydrogens (tertiary/aromatic N) is 5. The monoisotopic (exact) mass is 389 g/mol. The van der Waals surface area contributed by atoms with Gasteiger partial charge in [-0.3, -0.25) is 24.5 Å². The van der Waals surface area contributed by atoms with Crippen LogP contribution in [0.4, 0.5) is 10.1 Å². The number of hydrogen-bond donors (Lipinski definition) is 0. The molecule has 0 N–H and O–H groups in total. The molecule has 0 spiro atoms. The van der Waals surface area contributed by atoms with Gasteiger partial charge in [0.25, 0.3) is 0 Å². The molecule has 1 aromatic carbocycles. The average Bonchev–Trinajstić information content (AvgIpc) is 2.81. The Morgan fingerprint density at radius 1 is 1.18 bits per heavy atom. The number of aryl methyl sites for hydroxylation is 1. The lowest BCUT2D eigenvalue weighted by atomic mass is 10.2. The van der Waals surface area contributed by atoms with Gasteiger partial charge in [-0.05, 0) is 38.0 Å². The highest BCUT2D eigenvalue weighted by Gasteiger charge is 2.25. The van der Waals surface area contributed by atoms with Crippen molar-refractivity contribution in [1.82, 2.24) is 19.6 Å². The molecule has 3 rings (SSSR count). The highest BCUT2D eigenvalue weighted by Crippen LogP contribution is 2.22. The minimum absolute atomic E-state index is 0.00151. The molecule has 1 aromatic heterocycles. The molecule has 1 saturated heterocycles. The Kier molecular flexibility index (Phi) is 6.03. The van der Waals surface area contributed by atoms with Gasteiger partial charge in [-0.2, -0.15) is 5.10 Å². The second-order valence-corrected chi connectivity index (χ2v) is 7.07. The molecule has 2 aromatic rings. The molecule has 0 aliphatic carbocycles. The zero-order valence-electron chi connectivity index (χ0n) is 16.1. The molecule has 1 aliphatic heterocycles. The Labute approximate surface area is 162 Å². The molecular formula is C19H24FN5O3. The van der Waals surface area contributed by atoms with Crippen molar-refractivity contribution in [3.63, 3.8) is 0 Å². The van der Waals surface area contributed by atoms with E-state index >= 15 is 0 Å². The highest BCUT2D eigenvalue weighted by atomic mass is 19.1. The lowest BCUT2D eigenvalue weighted by Crippen LogP contribution is -2.37. The van der Waals surface area contributed by atoms with E-state index in [1.807, 2.05) is 0 Å². The van der Waals surface area contributed by atoms with Crippen molar-refractivity contribution in [3.8, 4) is 0 Å². The lowest BCUT2D eigenvalue weighted by Gasteiger charge is -2.22. The van der Waals surface area contributed by atoms with Crippen molar-refractivity contribution >= 4 is 11.6 Å². The number of benzene rings is 1. The van der Waals surface area contributed by atoms with Crippen LogP contribution in [0.5, 0.6) is 0 Å². The highest BCUT2D eigenvalue weighted by molar-refractivity contribution is 5.76. The van der Waals surface area contributed by atoms with Gasteiger partial charge in [0, 0.05) is 32.7 Å². The largest absolute Gasteiger partial charge is 0.340 e. The summed E-state index contributed by atoms with van der Waals surface area (Å²) in [5.41, 5.74) is 1.71. The van der Waals surface area contributed by atoms with Crippen molar-refractivity contribution in [1.29, 1.82) is 0 Å². The average molecular weight is 389 g/mol. The van der Waals surface area contributed by atoms with E-state index in [0.29, 0.717) is 31.0 Å². The number of hydrogen-bond acceptors (Lipinski definition) is 5. The van der Waals surface area contributed by atoms with Crippen molar-refractivity contribution in [2.24, 2.45) is 0 Å². The summed E-state index contributed by atoms with van der Waals surface area (Å²) in [5, 5.41) is 15.3. The normalized spacial score (nSPS) is 15.5. The van der Waals surface area contributed by atoms with Crippen molar-refractivity contribution in [2.45, 2.75) is 33.4 Å². The standard InChI is InChI=1S/C19H24FN5O3/c1-14-19(25(27)28)15(2)24(21-14)13-18(26)23-9-3-8-22(10-11-23)12-16-4-6-17(20)7-5-16/h4-7H,3,8-13H2,1-2H3. The van der Waals surface area contributed by atoms with E-state index in [-0.39, 0.29) is 24.0 Å². The quantitative estimate of drug-likeness (QED) is 0.579. The minimum Gasteiger partial charge on any atom is -0.340 e. The number of halogens is 1. The predicted molar refractivity (Wildman–Crippen MR) is 101 cm³/mol. The summed E-state index contributed by atoms with van der Waals surface area (Å²) in [6.45, 7) is 6.70. The van der Waals surface area contributed by atoms with Gasteiger partial charge in [0.05, 0.1) is 4.92 Å². The molecule has 150 valence electrons. The van der Waals surface area contributed by atoms with Crippen molar-refractivity contribution < 1.29 is 14.1 Å². The molecule has 1 amide bonds. The third kappa shape index (κ3) is 4.53. The Balaban J connectivity index is 1.59. The third-order valence-electron chi connectivity index (χ3n) is 5.07. The van der Waals surface area contributed by atoms with Crippen LogP contribution in [-0.2, 0) is 17.9 Å². The van der Waals surface area contributed by atoms with E-state index < -0.39 is 4.92 Å². The lowest BCUT2D eigenvalue weighted by molar-refractivity contribution is -0.386. The van der Waals surface area contributed by atoms with Crippen LogP contribution in [0.15, 0.2) is 24.3 Å². The Bertz CT molecular complexity index is 865. The zero-order valence-corrected chi connectivity index (χ0v) is 16.1. The number of nitro groups is 1. The van der Waals surface area contributed by atoms with Crippen LogP contribution in [0, 0.1) is 29.8 Å². The second-order valence-electron chi connectivity index (χ2n) is 7.07. The first-order valence-corrected chi connectivity index (χ1v) is 9.28. The molecule has 2 heterocycles. The van der Waals surface area contributed by atoms with E-state index in [4.69, 9.17) is 0 Å². The molecule has 9 heteroatoms. The Morgan fingerprint density at radius 2 is 1.89 bits per heavy atom. The van der Waals surface area contributed by atoms with Crippen LogP contribution < -0.4 is 0 Å². The predicted octanol–water partition coefficient (Wildman–Crippen LogP) is 2.28. The minimum atomic E-state index is -0.460. The molecule has 8 nitrogen and oxygen atoms in total. The first-order valence-electron chi connectivity index (χ1n) is 9.28. The van der Waals surface area contributed by atoms with Gasteiger partial charge < -0.3 is 4.90 Å². The summed E-state index contributed by atoms with van der Waals surface area (Å²) in [4.78, 5) is 27.4. The van der Waals surface area contributed by atoms with E-state index in [1.54, 1.807) is 30.9 Å². The van der Waals surface area contributed by atoms with Gasteiger partial charge in [-0.1, -0.05) is 12.1 Å². The van der Waals surface area contributed by atoms with E-state index in [1.165, 1.54) is 16.8 Å². The summed E-state index contributed by atoms with van der Waals surface area (Å²) in [6, 6.07) is 6.46. The van der Waals surface area contributed by atoms with Crippen LogP contribution >= 0.6 is 0 Å². The van der Waals surface area contributed by atoms with Crippen LogP contribution in [0.2, 0.25) is 0 Å². The van der Waals surface area contributed by atoms with Gasteiger partial charge in [-0.15, -0.1) is 0 Å². The maximum Gasteiger partial charge on any atom is 0.312 e. The van der Waals surface area contributed by atoms with Crippen molar-refractivity contribution in [2.75, 3.05) is 26.2 Å². The van der Waals surface area contributed by atoms with Gasteiger partial charge in [0.15, 0.2) is 0 Å². The van der Waals surface area contributed by atoms with Crippen LogP contribution in [0.25, 0.3) is 0 Å². The Hall–Kier alpha value is -2.81. The summed E-state index contributed by atoms with van der Waals surface area (Å²) in [6.07, 6.45) is 0.837. The molecule has 1 aliphatic rings. The number of amides is 1. The van der Waals surface area contributed by atoms with Crippen LogP contribution in [-0.4, -0.2) is 56.6 Å². The number of carbonyl (C=O) groups is 1. The van der Waals surface area contributed by atoms with Gasteiger partial charge in [0.2, 0.25) is 5.91 Å². The van der Waals surface area contributed by atoms with E-state index in [9.17, 15) is 19.3 Å². The Morgan fingerprint density at radius 3 is 2.54 bits per heavy atom. The number of carbonyl (C=O) groups excluding carboxylic acids is 1. The fourth-order valence-corrected chi connectivity index (χ4v) is 3.56. The second kappa shape index (κ2) is 8.47. The zero-order chi connectivity index (χ0) is 20.3. The fraction of sp³-hybridized carbons (Fsp3) is 0.474. The summed E-state index contributed by atoms with van der Waals surface area (Å²) >= 11 is 0. The topological polar surface area (TPSA) is 84.5 Å². The van der Waals surface area contributed by atoms with Crippen LogP contribution in [0.1, 0.15) is 23.4 Å². The van der Waals surface area contributed by atoms with Gasteiger partial charge >= 0.3 is 5.69 Å². The maximum absolute atomic E-state index is 13.0. The molecule has 0 atom stereocenters. The third-order valence-corrected chi connectivity index (χ3v) is 5.07. The maximum atomic E-state index is 13.0. The number of aromatic nitrogens is 2. The molecule has 0 unspecified atom stereocenters. The first kappa shape index (κ1) is 19.9. The fourth-order valence-electron chi connectivity index (χ4n) is 3.56. The SMILES string of the molecule is Cc1nn(CC(=O)N2CCCN(Cc3ccc(F)cc3)CC2)c(C)c1[N+](=O)[O-].